The van der Waals surface area contributed by atoms with Crippen molar-refractivity contribution >= 4 is 16.9 Å². The molecule has 3 aromatic rings. The molecule has 0 saturated carbocycles. The fourth-order valence-electron chi connectivity index (χ4n) is 2.87. The van der Waals surface area contributed by atoms with Crippen LogP contribution in [0, 0.1) is 17.1 Å². The van der Waals surface area contributed by atoms with E-state index in [2.05, 4.69) is 26.7 Å². The van der Waals surface area contributed by atoms with Gasteiger partial charge in [-0.2, -0.15) is 5.26 Å². The predicted molar refractivity (Wildman–Crippen MR) is 106 cm³/mol. The number of nitrogens with one attached hydrogen (secondary N) is 3. The highest BCUT2D eigenvalue weighted by Crippen LogP contribution is 2.19. The highest BCUT2D eigenvalue weighted by molar-refractivity contribution is 5.83. The quantitative estimate of drug-likeness (QED) is 0.464. The Morgan fingerprint density at radius 1 is 1.19 bits per heavy atom. The Morgan fingerprint density at radius 2 is 2.00 bits per heavy atom. The summed E-state index contributed by atoms with van der Waals surface area (Å²) in [5.41, 5.74) is 3.69. The maximum Gasteiger partial charge on any atom is 0.191 e. The second-order valence-corrected chi connectivity index (χ2v) is 6.18. The lowest BCUT2D eigenvalue weighted by Gasteiger charge is -2.11. The fourth-order valence-corrected chi connectivity index (χ4v) is 2.87. The van der Waals surface area contributed by atoms with E-state index < -0.39 is 0 Å². The smallest absolute Gasteiger partial charge is 0.191 e. The van der Waals surface area contributed by atoms with Crippen LogP contribution in [0.3, 0.4) is 0 Å². The van der Waals surface area contributed by atoms with E-state index in [1.54, 1.807) is 24.3 Å². The van der Waals surface area contributed by atoms with Crippen molar-refractivity contribution in [3.8, 4) is 6.07 Å². The van der Waals surface area contributed by atoms with Crippen molar-refractivity contribution in [1.29, 1.82) is 5.26 Å². The summed E-state index contributed by atoms with van der Waals surface area (Å²) < 4.78 is 13.5. The Balaban J connectivity index is 1.60. The van der Waals surface area contributed by atoms with Crippen LogP contribution in [0.1, 0.15) is 23.6 Å². The fraction of sp³-hybridized carbons (Fsp3) is 0.238. The molecule has 1 aromatic heterocycles. The lowest BCUT2D eigenvalue weighted by Crippen LogP contribution is -2.38. The summed E-state index contributed by atoms with van der Waals surface area (Å²) in [5, 5.41) is 16.3. The molecule has 0 unspecified atom stereocenters. The third kappa shape index (κ3) is 4.85. The number of aromatic nitrogens is 1. The number of aromatic amines is 1. The largest absolute Gasteiger partial charge is 0.361 e. The molecule has 0 bridgehead atoms. The molecule has 27 heavy (non-hydrogen) atoms. The van der Waals surface area contributed by atoms with Crippen LogP contribution < -0.4 is 10.6 Å². The van der Waals surface area contributed by atoms with Gasteiger partial charge in [0, 0.05) is 30.2 Å². The third-order valence-electron chi connectivity index (χ3n) is 4.26. The van der Waals surface area contributed by atoms with Crippen molar-refractivity contribution in [2.24, 2.45) is 4.99 Å². The summed E-state index contributed by atoms with van der Waals surface area (Å²) in [6.45, 7) is 3.99. The topological polar surface area (TPSA) is 76.0 Å². The number of guanidine groups is 1. The monoisotopic (exact) mass is 363 g/mol. The summed E-state index contributed by atoms with van der Waals surface area (Å²) in [6.07, 6.45) is 2.68. The highest BCUT2D eigenvalue weighted by atomic mass is 19.1. The summed E-state index contributed by atoms with van der Waals surface area (Å²) in [5.74, 6) is 0.501. The maximum atomic E-state index is 13.5. The second-order valence-electron chi connectivity index (χ2n) is 6.18. The average Bonchev–Trinajstić information content (AvgIpc) is 3.08. The van der Waals surface area contributed by atoms with E-state index in [1.807, 2.05) is 25.3 Å². The molecule has 0 amide bonds. The van der Waals surface area contributed by atoms with Gasteiger partial charge in [-0.3, -0.25) is 0 Å². The molecule has 0 saturated heterocycles. The van der Waals surface area contributed by atoms with Crippen molar-refractivity contribution in [2.75, 3.05) is 13.1 Å². The van der Waals surface area contributed by atoms with Gasteiger partial charge < -0.3 is 15.6 Å². The van der Waals surface area contributed by atoms with Gasteiger partial charge in [0.05, 0.1) is 18.2 Å². The molecular weight excluding hydrogens is 341 g/mol. The molecule has 5 nitrogen and oxygen atoms in total. The molecule has 0 spiro atoms. The molecule has 0 atom stereocenters. The molecule has 2 aromatic carbocycles. The zero-order chi connectivity index (χ0) is 19.1. The van der Waals surface area contributed by atoms with E-state index in [0.717, 1.165) is 41.0 Å². The van der Waals surface area contributed by atoms with Gasteiger partial charge in [0.25, 0.3) is 0 Å². The minimum Gasteiger partial charge on any atom is -0.361 e. The number of hydrogen-bond donors (Lipinski definition) is 3. The van der Waals surface area contributed by atoms with E-state index >= 15 is 0 Å². The minimum atomic E-state index is -0.228. The molecule has 3 rings (SSSR count). The molecule has 0 aliphatic rings. The van der Waals surface area contributed by atoms with Gasteiger partial charge in [0.15, 0.2) is 5.96 Å². The predicted octanol–water partition coefficient (Wildman–Crippen LogP) is 3.48. The van der Waals surface area contributed by atoms with E-state index in [9.17, 15) is 4.39 Å². The Hall–Kier alpha value is -3.33. The van der Waals surface area contributed by atoms with Gasteiger partial charge in [0.2, 0.25) is 0 Å². The Bertz CT molecular complexity index is 966. The lowest BCUT2D eigenvalue weighted by atomic mass is 10.1. The lowest BCUT2D eigenvalue weighted by molar-refractivity contribution is 0.629. The number of rotatable bonds is 6. The van der Waals surface area contributed by atoms with Crippen molar-refractivity contribution in [3.05, 3.63) is 71.2 Å². The standard InChI is InChI=1S/C21H22FN5/c1-2-24-21(27-13-16-5-3-15(12-23)4-6-16)25-10-9-17-14-26-20-8-7-18(22)11-19(17)20/h3-8,11,14,26H,2,9-10,13H2,1H3,(H2,24,25,27). The summed E-state index contributed by atoms with van der Waals surface area (Å²) in [4.78, 5) is 7.75. The number of fused-ring (bicyclic) bond motifs is 1. The maximum absolute atomic E-state index is 13.5. The van der Waals surface area contributed by atoms with Gasteiger partial charge in [-0.15, -0.1) is 0 Å². The van der Waals surface area contributed by atoms with E-state index in [4.69, 9.17) is 5.26 Å². The first-order valence-electron chi connectivity index (χ1n) is 8.96. The van der Waals surface area contributed by atoms with Crippen LogP contribution in [-0.2, 0) is 13.0 Å². The first-order valence-corrected chi connectivity index (χ1v) is 8.96. The van der Waals surface area contributed by atoms with E-state index in [-0.39, 0.29) is 5.82 Å². The summed E-state index contributed by atoms with van der Waals surface area (Å²) in [6, 6.07) is 14.3. The number of benzene rings is 2. The number of hydrogen-bond acceptors (Lipinski definition) is 2. The molecule has 3 N–H and O–H groups in total. The van der Waals surface area contributed by atoms with Gasteiger partial charge in [-0.05, 0) is 54.8 Å². The zero-order valence-corrected chi connectivity index (χ0v) is 15.2. The van der Waals surface area contributed by atoms with Gasteiger partial charge >= 0.3 is 0 Å². The van der Waals surface area contributed by atoms with Crippen molar-refractivity contribution in [3.63, 3.8) is 0 Å². The normalized spacial score (nSPS) is 11.4. The first kappa shape index (κ1) is 18.5. The number of nitrogens with zero attached hydrogens (tertiary/aromatic N) is 2. The van der Waals surface area contributed by atoms with Crippen molar-refractivity contribution < 1.29 is 4.39 Å². The van der Waals surface area contributed by atoms with Crippen LogP contribution in [0.4, 0.5) is 4.39 Å². The number of H-pyrrole nitrogens is 1. The molecule has 6 heteroatoms. The number of halogens is 1. The summed E-state index contributed by atoms with van der Waals surface area (Å²) >= 11 is 0. The van der Waals surface area contributed by atoms with Crippen LogP contribution in [0.5, 0.6) is 0 Å². The van der Waals surface area contributed by atoms with E-state index in [1.165, 1.54) is 6.07 Å². The van der Waals surface area contributed by atoms with Crippen LogP contribution in [0.15, 0.2) is 53.7 Å². The molecule has 0 aliphatic heterocycles. The molecular formula is C21H22FN5. The SMILES string of the molecule is CCNC(=NCc1ccc(C#N)cc1)NCCc1c[nH]c2ccc(F)cc12. The molecule has 0 aliphatic carbocycles. The molecule has 0 radical (unpaired) electrons. The van der Waals surface area contributed by atoms with Crippen molar-refractivity contribution in [1.82, 2.24) is 15.6 Å². The third-order valence-corrected chi connectivity index (χ3v) is 4.26. The molecule has 1 heterocycles. The van der Waals surface area contributed by atoms with E-state index in [0.29, 0.717) is 18.7 Å². The molecule has 138 valence electrons. The van der Waals surface area contributed by atoms with Gasteiger partial charge in [-0.1, -0.05) is 12.1 Å². The van der Waals surface area contributed by atoms with Crippen LogP contribution in [0.2, 0.25) is 0 Å². The first-order chi connectivity index (χ1) is 13.2. The minimum absolute atomic E-state index is 0.228. The zero-order valence-electron chi connectivity index (χ0n) is 15.2. The number of aliphatic imine (C=N–C) groups is 1. The molecule has 0 fully saturated rings. The van der Waals surface area contributed by atoms with Crippen molar-refractivity contribution in [2.45, 2.75) is 19.9 Å². The average molecular weight is 363 g/mol. The highest BCUT2D eigenvalue weighted by Gasteiger charge is 2.05. The second kappa shape index (κ2) is 8.86. The van der Waals surface area contributed by atoms with Gasteiger partial charge in [0.1, 0.15) is 5.82 Å². The number of nitriles is 1. The Kier molecular flexibility index (Phi) is 6.06. The Labute approximate surface area is 157 Å². The van der Waals surface area contributed by atoms with Gasteiger partial charge in [-0.25, -0.2) is 9.38 Å². The Morgan fingerprint density at radius 3 is 2.74 bits per heavy atom. The van der Waals surface area contributed by atoms with Crippen LogP contribution >= 0.6 is 0 Å². The summed E-state index contributed by atoms with van der Waals surface area (Å²) in [7, 11) is 0. The van der Waals surface area contributed by atoms with Crippen LogP contribution in [-0.4, -0.2) is 24.0 Å². The van der Waals surface area contributed by atoms with Crippen LogP contribution in [0.25, 0.3) is 10.9 Å².